The van der Waals surface area contributed by atoms with E-state index in [0.29, 0.717) is 12.1 Å². The first-order valence-electron chi connectivity index (χ1n) is 10.2. The van der Waals surface area contributed by atoms with Crippen LogP contribution in [-0.2, 0) is 11.3 Å². The van der Waals surface area contributed by atoms with Crippen LogP contribution in [0.15, 0.2) is 27.8 Å². The zero-order valence-corrected chi connectivity index (χ0v) is 17.2. The van der Waals surface area contributed by atoms with Gasteiger partial charge in [0, 0.05) is 6.61 Å². The number of rotatable bonds is 5. The molecule has 32 heavy (non-hydrogen) atoms. The Labute approximate surface area is 180 Å². The number of nitriles is 1. The lowest BCUT2D eigenvalue weighted by Crippen LogP contribution is -2.29. The van der Waals surface area contributed by atoms with Crippen LogP contribution in [0.1, 0.15) is 37.1 Å². The lowest BCUT2D eigenvalue weighted by molar-refractivity contribution is 0.0972. The van der Waals surface area contributed by atoms with Gasteiger partial charge in [0.05, 0.1) is 36.2 Å². The Bertz CT molecular complexity index is 1430. The van der Waals surface area contributed by atoms with E-state index in [0.717, 1.165) is 12.8 Å². The topological polar surface area (TPSA) is 131 Å². The molecule has 3 aromatic heterocycles. The molecule has 5 rings (SSSR count). The van der Waals surface area contributed by atoms with Crippen LogP contribution in [-0.4, -0.2) is 48.5 Å². The van der Waals surface area contributed by atoms with Gasteiger partial charge in [-0.3, -0.25) is 9.20 Å². The van der Waals surface area contributed by atoms with E-state index in [-0.39, 0.29) is 59.2 Å². The minimum absolute atomic E-state index is 0.102. The van der Waals surface area contributed by atoms with Gasteiger partial charge in [-0.25, -0.2) is 9.37 Å². The maximum Gasteiger partial charge on any atom is 0.277 e. The van der Waals surface area contributed by atoms with E-state index in [2.05, 4.69) is 15.1 Å². The third-order valence-electron chi connectivity index (χ3n) is 5.72. The number of aliphatic hydroxyl groups excluding tert-OH is 1. The zero-order chi connectivity index (χ0) is 22.4. The Kier molecular flexibility index (Phi) is 4.96. The highest BCUT2D eigenvalue weighted by atomic mass is 19.1. The molecule has 1 N–H and O–H groups in total. The summed E-state index contributed by atoms with van der Waals surface area (Å²) < 4.78 is 28.3. The standard InChI is InChI=1S/C21H19FN6O4/c1-11(9-29)20-25-19(26-32-20)16-18-21(30)27(8-12-3-2-6-31-12)17-13(7-23)14(22)4-5-15(17)28(18)10-24-16/h4-5,10-12,29H,2-3,6,8-9H2,1H3. The fourth-order valence-corrected chi connectivity index (χ4v) is 4.03. The van der Waals surface area contributed by atoms with Crippen LogP contribution in [0.25, 0.3) is 28.1 Å². The van der Waals surface area contributed by atoms with E-state index < -0.39 is 11.4 Å². The first-order chi connectivity index (χ1) is 15.5. The summed E-state index contributed by atoms with van der Waals surface area (Å²) in [6, 6.07) is 4.58. The molecule has 10 nitrogen and oxygen atoms in total. The van der Waals surface area contributed by atoms with Gasteiger partial charge < -0.3 is 18.9 Å². The second kappa shape index (κ2) is 7.81. The van der Waals surface area contributed by atoms with Crippen LogP contribution in [0, 0.1) is 17.1 Å². The molecule has 2 atom stereocenters. The van der Waals surface area contributed by atoms with E-state index in [1.807, 2.05) is 6.07 Å². The molecule has 2 unspecified atom stereocenters. The Morgan fingerprint density at radius 3 is 2.97 bits per heavy atom. The molecule has 4 heterocycles. The molecule has 1 fully saturated rings. The van der Waals surface area contributed by atoms with E-state index in [9.17, 15) is 19.6 Å². The van der Waals surface area contributed by atoms with Crippen molar-refractivity contribution in [3.05, 3.63) is 46.1 Å². The fraction of sp³-hybridized carbons (Fsp3) is 0.381. The zero-order valence-electron chi connectivity index (χ0n) is 17.2. The van der Waals surface area contributed by atoms with Crippen molar-refractivity contribution < 1.29 is 18.8 Å². The van der Waals surface area contributed by atoms with Crippen LogP contribution >= 0.6 is 0 Å². The summed E-state index contributed by atoms with van der Waals surface area (Å²) in [4.78, 5) is 22.2. The third kappa shape index (κ3) is 3.07. The van der Waals surface area contributed by atoms with E-state index >= 15 is 0 Å². The molecule has 164 valence electrons. The number of benzene rings is 1. The lowest BCUT2D eigenvalue weighted by atomic mass is 10.1. The van der Waals surface area contributed by atoms with Crippen LogP contribution in [0.3, 0.4) is 0 Å². The number of imidazole rings is 1. The number of halogens is 1. The monoisotopic (exact) mass is 438 g/mol. The van der Waals surface area contributed by atoms with Crippen molar-refractivity contribution in [3.63, 3.8) is 0 Å². The molecule has 1 aliphatic heterocycles. The number of aliphatic hydroxyl groups is 1. The molecule has 11 heteroatoms. The second-order valence-electron chi connectivity index (χ2n) is 7.80. The van der Waals surface area contributed by atoms with Crippen molar-refractivity contribution in [1.29, 1.82) is 5.26 Å². The van der Waals surface area contributed by atoms with Gasteiger partial charge in [0.15, 0.2) is 0 Å². The van der Waals surface area contributed by atoms with Gasteiger partial charge in [-0.1, -0.05) is 12.1 Å². The number of hydrogen-bond acceptors (Lipinski definition) is 8. The van der Waals surface area contributed by atoms with Crippen LogP contribution in [0.2, 0.25) is 0 Å². The maximum absolute atomic E-state index is 14.5. The normalized spacial score (nSPS) is 17.2. The van der Waals surface area contributed by atoms with Gasteiger partial charge in [-0.05, 0) is 25.0 Å². The Morgan fingerprint density at radius 1 is 1.41 bits per heavy atom. The first-order valence-corrected chi connectivity index (χ1v) is 10.2. The predicted molar refractivity (Wildman–Crippen MR) is 109 cm³/mol. The Morgan fingerprint density at radius 2 is 2.25 bits per heavy atom. The summed E-state index contributed by atoms with van der Waals surface area (Å²) in [5.41, 5.74) is 0.322. The lowest BCUT2D eigenvalue weighted by Gasteiger charge is -2.17. The molecule has 0 spiro atoms. The van der Waals surface area contributed by atoms with Crippen molar-refractivity contribution in [2.75, 3.05) is 13.2 Å². The average molecular weight is 438 g/mol. The van der Waals surface area contributed by atoms with Crippen molar-refractivity contribution >= 4 is 16.6 Å². The maximum atomic E-state index is 14.5. The van der Waals surface area contributed by atoms with E-state index in [1.54, 1.807) is 6.92 Å². The minimum atomic E-state index is -0.707. The van der Waals surface area contributed by atoms with Gasteiger partial charge in [0.25, 0.3) is 5.56 Å². The number of aromatic nitrogens is 5. The highest BCUT2D eigenvalue weighted by Gasteiger charge is 2.26. The van der Waals surface area contributed by atoms with Gasteiger partial charge in [0.1, 0.15) is 35.0 Å². The summed E-state index contributed by atoms with van der Waals surface area (Å²) in [5, 5.41) is 22.9. The van der Waals surface area contributed by atoms with Crippen LogP contribution < -0.4 is 5.56 Å². The molecule has 1 aromatic carbocycles. The summed E-state index contributed by atoms with van der Waals surface area (Å²) in [5.74, 6) is -0.757. The van der Waals surface area contributed by atoms with E-state index in [1.165, 1.54) is 27.4 Å². The molecular weight excluding hydrogens is 419 g/mol. The molecule has 1 saturated heterocycles. The SMILES string of the molecule is CC(CO)c1nc(-c2ncn3c2c(=O)n(CC2CCCO2)c2c(C#N)c(F)ccc23)no1. The van der Waals surface area contributed by atoms with Crippen molar-refractivity contribution in [1.82, 2.24) is 24.1 Å². The number of nitrogens with zero attached hydrogens (tertiary/aromatic N) is 6. The van der Waals surface area contributed by atoms with Crippen molar-refractivity contribution in [3.8, 4) is 17.6 Å². The number of fused-ring (bicyclic) bond motifs is 3. The van der Waals surface area contributed by atoms with Gasteiger partial charge in [-0.15, -0.1) is 0 Å². The van der Waals surface area contributed by atoms with Crippen LogP contribution in [0.5, 0.6) is 0 Å². The van der Waals surface area contributed by atoms with Crippen LogP contribution in [0.4, 0.5) is 4.39 Å². The highest BCUT2D eigenvalue weighted by Crippen LogP contribution is 2.27. The quantitative estimate of drug-likeness (QED) is 0.500. The smallest absolute Gasteiger partial charge is 0.277 e. The molecular formula is C21H19FN6O4. The van der Waals surface area contributed by atoms with E-state index in [4.69, 9.17) is 9.26 Å². The first kappa shape index (κ1) is 20.3. The number of hydrogen-bond donors (Lipinski definition) is 1. The molecule has 0 bridgehead atoms. The molecule has 0 saturated carbocycles. The predicted octanol–water partition coefficient (Wildman–Crippen LogP) is 1.98. The third-order valence-corrected chi connectivity index (χ3v) is 5.72. The molecule has 4 aromatic rings. The van der Waals surface area contributed by atoms with Crippen molar-refractivity contribution in [2.24, 2.45) is 0 Å². The van der Waals surface area contributed by atoms with Crippen molar-refractivity contribution in [2.45, 2.75) is 38.3 Å². The average Bonchev–Trinajstić information content (AvgIpc) is 3.56. The van der Waals surface area contributed by atoms with Gasteiger partial charge >= 0.3 is 0 Å². The Balaban J connectivity index is 1.80. The summed E-state index contributed by atoms with van der Waals surface area (Å²) in [7, 11) is 0. The number of ether oxygens (including phenoxy) is 1. The summed E-state index contributed by atoms with van der Waals surface area (Å²) >= 11 is 0. The second-order valence-corrected chi connectivity index (χ2v) is 7.80. The van der Waals surface area contributed by atoms with Gasteiger partial charge in [0.2, 0.25) is 11.7 Å². The molecule has 0 aliphatic carbocycles. The highest BCUT2D eigenvalue weighted by molar-refractivity contribution is 5.87. The minimum Gasteiger partial charge on any atom is -0.396 e. The Hall–Kier alpha value is -3.62. The largest absolute Gasteiger partial charge is 0.396 e. The summed E-state index contributed by atoms with van der Waals surface area (Å²) in [6.45, 7) is 2.31. The summed E-state index contributed by atoms with van der Waals surface area (Å²) in [6.07, 6.45) is 2.82. The fourth-order valence-electron chi connectivity index (χ4n) is 4.03. The molecule has 0 amide bonds. The molecule has 0 radical (unpaired) electrons. The van der Waals surface area contributed by atoms with Gasteiger partial charge in [-0.2, -0.15) is 10.2 Å². The molecule has 1 aliphatic rings.